The molecule has 0 radical (unpaired) electrons. The summed E-state index contributed by atoms with van der Waals surface area (Å²) in [5.41, 5.74) is 0. The summed E-state index contributed by atoms with van der Waals surface area (Å²) < 4.78 is 0. The molecule has 4 heteroatoms. The zero-order valence-corrected chi connectivity index (χ0v) is 11.9. The first-order chi connectivity index (χ1) is 8.59. The normalized spacial score (nSPS) is 34.7. The van der Waals surface area contributed by atoms with Gasteiger partial charge in [0.05, 0.1) is 6.04 Å². The highest BCUT2D eigenvalue weighted by Gasteiger charge is 2.34. The monoisotopic (exact) mass is 253 g/mol. The predicted octanol–water partition coefficient (Wildman–Crippen LogP) is 1.12. The number of carbonyl (C=O) groups is 1. The van der Waals surface area contributed by atoms with Gasteiger partial charge in [-0.25, -0.2) is 0 Å². The van der Waals surface area contributed by atoms with Crippen LogP contribution in [0.15, 0.2) is 0 Å². The Morgan fingerprint density at radius 1 is 1.33 bits per heavy atom. The van der Waals surface area contributed by atoms with E-state index in [1.165, 1.54) is 25.7 Å². The lowest BCUT2D eigenvalue weighted by molar-refractivity contribution is -0.126. The van der Waals surface area contributed by atoms with Crippen LogP contribution < -0.4 is 10.6 Å². The lowest BCUT2D eigenvalue weighted by atomic mass is 10.2. The van der Waals surface area contributed by atoms with Crippen molar-refractivity contribution >= 4 is 5.91 Å². The number of carbonyl (C=O) groups excluding carboxylic acids is 1. The highest BCUT2D eigenvalue weighted by molar-refractivity contribution is 5.81. The van der Waals surface area contributed by atoms with Gasteiger partial charge in [0.15, 0.2) is 0 Å². The highest BCUT2D eigenvalue weighted by atomic mass is 16.2. The maximum absolute atomic E-state index is 12.2. The summed E-state index contributed by atoms with van der Waals surface area (Å²) in [6.07, 6.45) is 4.84. The zero-order valence-electron chi connectivity index (χ0n) is 11.9. The smallest absolute Gasteiger partial charge is 0.237 e. The quantitative estimate of drug-likeness (QED) is 0.789. The average molecular weight is 253 g/mol. The number of hydrogen-bond acceptors (Lipinski definition) is 3. The van der Waals surface area contributed by atoms with Crippen molar-refractivity contribution < 1.29 is 4.79 Å². The minimum atomic E-state index is -0.00102. The molecule has 2 fully saturated rings. The van der Waals surface area contributed by atoms with Crippen molar-refractivity contribution in [3.8, 4) is 0 Å². The van der Waals surface area contributed by atoms with Gasteiger partial charge in [0.25, 0.3) is 0 Å². The van der Waals surface area contributed by atoms with Crippen LogP contribution in [-0.4, -0.2) is 48.1 Å². The number of nitrogens with one attached hydrogen (secondary N) is 2. The molecule has 104 valence electrons. The topological polar surface area (TPSA) is 44.4 Å². The van der Waals surface area contributed by atoms with Gasteiger partial charge in [-0.15, -0.1) is 0 Å². The summed E-state index contributed by atoms with van der Waals surface area (Å²) in [7, 11) is 0. The Morgan fingerprint density at radius 3 is 2.56 bits per heavy atom. The maximum atomic E-state index is 12.2. The second-order valence-corrected chi connectivity index (χ2v) is 5.94. The van der Waals surface area contributed by atoms with Crippen molar-refractivity contribution in [1.29, 1.82) is 0 Å². The van der Waals surface area contributed by atoms with E-state index in [9.17, 15) is 4.79 Å². The first kappa shape index (κ1) is 13.8. The number of nitrogens with zero attached hydrogens (tertiary/aromatic N) is 1. The average Bonchev–Trinajstić information content (AvgIpc) is 2.96. The molecule has 4 unspecified atom stereocenters. The molecule has 0 aromatic rings. The highest BCUT2D eigenvalue weighted by Crippen LogP contribution is 2.25. The van der Waals surface area contributed by atoms with Gasteiger partial charge in [-0.2, -0.15) is 0 Å². The lowest BCUT2D eigenvalue weighted by Crippen LogP contribution is -2.50. The standard InChI is InChI=1S/C14H27N3O/c1-10-6-7-11(2)17(10)12(3)14(18)16-9-13-5-4-8-15-13/h10-13,15H,4-9H2,1-3H3,(H,16,18). The molecule has 0 aromatic carbocycles. The molecule has 4 nitrogen and oxygen atoms in total. The van der Waals surface area contributed by atoms with Crippen molar-refractivity contribution in [1.82, 2.24) is 15.5 Å². The molecule has 2 heterocycles. The maximum Gasteiger partial charge on any atom is 0.237 e. The Labute approximate surface area is 110 Å². The van der Waals surface area contributed by atoms with Gasteiger partial charge in [0.1, 0.15) is 0 Å². The molecular weight excluding hydrogens is 226 g/mol. The van der Waals surface area contributed by atoms with Crippen molar-refractivity contribution in [3.63, 3.8) is 0 Å². The summed E-state index contributed by atoms with van der Waals surface area (Å²) in [6.45, 7) is 8.36. The van der Waals surface area contributed by atoms with Crippen molar-refractivity contribution in [3.05, 3.63) is 0 Å². The van der Waals surface area contributed by atoms with E-state index >= 15 is 0 Å². The third kappa shape index (κ3) is 3.04. The molecule has 0 bridgehead atoms. The first-order valence-corrected chi connectivity index (χ1v) is 7.38. The van der Waals surface area contributed by atoms with E-state index < -0.39 is 0 Å². The summed E-state index contributed by atoms with van der Waals surface area (Å²) in [5, 5.41) is 6.51. The van der Waals surface area contributed by atoms with Gasteiger partial charge in [-0.3, -0.25) is 9.69 Å². The Kier molecular flexibility index (Phi) is 4.62. The first-order valence-electron chi connectivity index (χ1n) is 7.38. The predicted molar refractivity (Wildman–Crippen MR) is 73.5 cm³/mol. The second-order valence-electron chi connectivity index (χ2n) is 5.94. The van der Waals surface area contributed by atoms with E-state index in [0.29, 0.717) is 18.1 Å². The van der Waals surface area contributed by atoms with Crippen LogP contribution in [0.4, 0.5) is 0 Å². The lowest BCUT2D eigenvalue weighted by Gasteiger charge is -2.31. The summed E-state index contributed by atoms with van der Waals surface area (Å²) in [6, 6.07) is 1.55. The van der Waals surface area contributed by atoms with Crippen molar-refractivity contribution in [2.24, 2.45) is 0 Å². The van der Waals surface area contributed by atoms with Gasteiger partial charge >= 0.3 is 0 Å². The number of rotatable bonds is 4. The van der Waals surface area contributed by atoms with Crippen LogP contribution in [0.25, 0.3) is 0 Å². The van der Waals surface area contributed by atoms with Crippen LogP contribution in [0.5, 0.6) is 0 Å². The molecule has 2 saturated heterocycles. The zero-order chi connectivity index (χ0) is 13.1. The minimum absolute atomic E-state index is 0.00102. The molecule has 0 aliphatic carbocycles. The summed E-state index contributed by atoms with van der Waals surface area (Å²) in [4.78, 5) is 14.6. The molecule has 1 amide bonds. The van der Waals surface area contributed by atoms with E-state index in [-0.39, 0.29) is 11.9 Å². The van der Waals surface area contributed by atoms with Crippen LogP contribution in [0.3, 0.4) is 0 Å². The third-order valence-corrected chi connectivity index (χ3v) is 4.53. The SMILES string of the molecule is CC1CCC(C)N1C(C)C(=O)NCC1CCCN1. The van der Waals surface area contributed by atoms with Crippen molar-refractivity contribution in [2.45, 2.75) is 70.6 Å². The molecule has 2 rings (SSSR count). The second kappa shape index (κ2) is 6.02. The van der Waals surface area contributed by atoms with E-state index in [2.05, 4.69) is 29.4 Å². The van der Waals surface area contributed by atoms with E-state index in [4.69, 9.17) is 0 Å². The van der Waals surface area contributed by atoms with E-state index in [1.807, 2.05) is 6.92 Å². The molecule has 4 atom stereocenters. The van der Waals surface area contributed by atoms with Crippen LogP contribution in [0.1, 0.15) is 46.5 Å². The summed E-state index contributed by atoms with van der Waals surface area (Å²) >= 11 is 0. The minimum Gasteiger partial charge on any atom is -0.353 e. The largest absolute Gasteiger partial charge is 0.353 e. The van der Waals surface area contributed by atoms with Crippen molar-refractivity contribution in [2.75, 3.05) is 13.1 Å². The van der Waals surface area contributed by atoms with Gasteiger partial charge in [0, 0.05) is 24.7 Å². The molecule has 0 spiro atoms. The third-order valence-electron chi connectivity index (χ3n) is 4.53. The molecule has 18 heavy (non-hydrogen) atoms. The fourth-order valence-electron chi connectivity index (χ4n) is 3.42. The molecule has 0 saturated carbocycles. The molecule has 0 aromatic heterocycles. The van der Waals surface area contributed by atoms with Gasteiger partial charge in [0.2, 0.25) is 5.91 Å². The van der Waals surface area contributed by atoms with E-state index in [0.717, 1.165) is 13.1 Å². The van der Waals surface area contributed by atoms with Gasteiger partial charge < -0.3 is 10.6 Å². The van der Waals surface area contributed by atoms with Gasteiger partial charge in [-0.05, 0) is 53.0 Å². The fraction of sp³-hybridized carbons (Fsp3) is 0.929. The van der Waals surface area contributed by atoms with E-state index in [1.54, 1.807) is 0 Å². The Balaban J connectivity index is 1.80. The molecule has 2 aliphatic heterocycles. The number of likely N-dealkylation sites (tertiary alicyclic amines) is 1. The van der Waals surface area contributed by atoms with Crippen LogP contribution in [0, 0.1) is 0 Å². The molecule has 2 aliphatic rings. The molecule has 2 N–H and O–H groups in total. The Bertz CT molecular complexity index is 279. The Morgan fingerprint density at radius 2 is 2.00 bits per heavy atom. The van der Waals surface area contributed by atoms with Crippen LogP contribution in [-0.2, 0) is 4.79 Å². The Hall–Kier alpha value is -0.610. The van der Waals surface area contributed by atoms with Gasteiger partial charge in [-0.1, -0.05) is 0 Å². The number of amides is 1. The fourth-order valence-corrected chi connectivity index (χ4v) is 3.42. The molecular formula is C14H27N3O. The van der Waals surface area contributed by atoms with Crippen LogP contribution >= 0.6 is 0 Å². The summed E-state index contributed by atoms with van der Waals surface area (Å²) in [5.74, 6) is 0.185. The number of hydrogen-bond donors (Lipinski definition) is 2. The van der Waals surface area contributed by atoms with Crippen LogP contribution in [0.2, 0.25) is 0 Å².